The zero-order chi connectivity index (χ0) is 15.7. The van der Waals surface area contributed by atoms with Gasteiger partial charge in [0.25, 0.3) is 0 Å². The largest absolute Gasteiger partial charge is 0.330 e. The summed E-state index contributed by atoms with van der Waals surface area (Å²) in [7, 11) is 0. The standard InChI is InChI=1S/C19H21ClFN/c1-2-12-4-6-19(20)18(7-12)17-10-15(21)9-14-5-3-13(11-22)8-16(14)17/h4,6-7,9-10,13H,2-3,5,8,11,22H2,1H3. The molecule has 3 rings (SSSR count). The maximum absolute atomic E-state index is 14.1. The molecule has 1 atom stereocenters. The van der Waals surface area contributed by atoms with E-state index in [1.807, 2.05) is 12.1 Å². The smallest absolute Gasteiger partial charge is 0.124 e. The Kier molecular flexibility index (Phi) is 4.51. The molecule has 22 heavy (non-hydrogen) atoms. The maximum Gasteiger partial charge on any atom is 0.124 e. The molecule has 2 aromatic carbocycles. The van der Waals surface area contributed by atoms with Gasteiger partial charge in [0.15, 0.2) is 0 Å². The van der Waals surface area contributed by atoms with Crippen molar-refractivity contribution >= 4 is 11.6 Å². The lowest BCUT2D eigenvalue weighted by molar-refractivity contribution is 0.467. The van der Waals surface area contributed by atoms with Crippen LogP contribution in [0.3, 0.4) is 0 Å². The van der Waals surface area contributed by atoms with Crippen LogP contribution in [0.15, 0.2) is 30.3 Å². The lowest BCUT2D eigenvalue weighted by atomic mass is 9.80. The van der Waals surface area contributed by atoms with Crippen LogP contribution in [0.1, 0.15) is 30.0 Å². The maximum atomic E-state index is 14.1. The topological polar surface area (TPSA) is 26.0 Å². The fourth-order valence-electron chi connectivity index (χ4n) is 3.35. The average molecular weight is 318 g/mol. The van der Waals surface area contributed by atoms with E-state index in [4.69, 9.17) is 17.3 Å². The van der Waals surface area contributed by atoms with Crippen molar-refractivity contribution in [3.05, 3.63) is 57.9 Å². The molecule has 0 radical (unpaired) electrons. The first kappa shape index (κ1) is 15.5. The molecule has 2 N–H and O–H groups in total. The number of benzene rings is 2. The molecule has 0 saturated heterocycles. The molecule has 1 aliphatic carbocycles. The van der Waals surface area contributed by atoms with E-state index < -0.39 is 0 Å². The quantitative estimate of drug-likeness (QED) is 0.866. The predicted octanol–water partition coefficient (Wildman–Crippen LogP) is 4.77. The summed E-state index contributed by atoms with van der Waals surface area (Å²) in [6.07, 6.45) is 3.78. The Labute approximate surface area is 136 Å². The molecule has 0 saturated carbocycles. The van der Waals surface area contributed by atoms with E-state index >= 15 is 0 Å². The summed E-state index contributed by atoms with van der Waals surface area (Å²) in [6, 6.07) is 9.32. The van der Waals surface area contributed by atoms with Gasteiger partial charge in [0.05, 0.1) is 0 Å². The van der Waals surface area contributed by atoms with Gasteiger partial charge >= 0.3 is 0 Å². The molecule has 0 bridgehead atoms. The Morgan fingerprint density at radius 3 is 2.77 bits per heavy atom. The van der Waals surface area contributed by atoms with Crippen molar-refractivity contribution in [1.82, 2.24) is 0 Å². The van der Waals surface area contributed by atoms with Crippen LogP contribution in [0.2, 0.25) is 5.02 Å². The molecular weight excluding hydrogens is 297 g/mol. The van der Waals surface area contributed by atoms with Crippen LogP contribution in [-0.4, -0.2) is 6.54 Å². The fourth-order valence-corrected chi connectivity index (χ4v) is 3.57. The summed E-state index contributed by atoms with van der Waals surface area (Å²) >= 11 is 6.41. The number of fused-ring (bicyclic) bond motifs is 1. The van der Waals surface area contributed by atoms with E-state index in [9.17, 15) is 4.39 Å². The second-order valence-electron chi connectivity index (χ2n) is 6.10. The molecule has 0 aromatic heterocycles. The summed E-state index contributed by atoms with van der Waals surface area (Å²) in [5.41, 5.74) is 11.3. The second kappa shape index (κ2) is 6.39. The van der Waals surface area contributed by atoms with Crippen LogP contribution < -0.4 is 5.73 Å². The molecule has 0 fully saturated rings. The van der Waals surface area contributed by atoms with Gasteiger partial charge in [0.1, 0.15) is 5.82 Å². The van der Waals surface area contributed by atoms with E-state index in [-0.39, 0.29) is 5.82 Å². The minimum atomic E-state index is -0.182. The normalized spacial score (nSPS) is 17.4. The average Bonchev–Trinajstić information content (AvgIpc) is 2.54. The van der Waals surface area contributed by atoms with Crippen molar-refractivity contribution in [2.75, 3.05) is 6.54 Å². The first-order valence-electron chi connectivity index (χ1n) is 7.92. The number of aryl methyl sites for hydroxylation is 2. The van der Waals surface area contributed by atoms with Gasteiger partial charge in [-0.05, 0) is 84.7 Å². The lowest BCUT2D eigenvalue weighted by Crippen LogP contribution is -2.22. The van der Waals surface area contributed by atoms with Gasteiger partial charge in [-0.15, -0.1) is 0 Å². The van der Waals surface area contributed by atoms with Gasteiger partial charge in [-0.3, -0.25) is 0 Å². The molecular formula is C19H21ClFN. The van der Waals surface area contributed by atoms with Crippen LogP contribution in [-0.2, 0) is 19.3 Å². The first-order valence-corrected chi connectivity index (χ1v) is 8.30. The first-order chi connectivity index (χ1) is 10.6. The fraction of sp³-hybridized carbons (Fsp3) is 0.368. The van der Waals surface area contributed by atoms with Crippen molar-refractivity contribution in [3.63, 3.8) is 0 Å². The van der Waals surface area contributed by atoms with Crippen LogP contribution in [0.5, 0.6) is 0 Å². The minimum Gasteiger partial charge on any atom is -0.330 e. The van der Waals surface area contributed by atoms with Crippen molar-refractivity contribution in [2.45, 2.75) is 32.6 Å². The van der Waals surface area contributed by atoms with Crippen molar-refractivity contribution < 1.29 is 4.39 Å². The Balaban J connectivity index is 2.17. The molecule has 1 unspecified atom stereocenters. The lowest BCUT2D eigenvalue weighted by Gasteiger charge is -2.26. The number of rotatable bonds is 3. The van der Waals surface area contributed by atoms with Gasteiger partial charge in [0, 0.05) is 10.6 Å². The van der Waals surface area contributed by atoms with E-state index in [1.165, 1.54) is 11.1 Å². The zero-order valence-electron chi connectivity index (χ0n) is 12.8. The summed E-state index contributed by atoms with van der Waals surface area (Å²) in [5, 5.41) is 0.680. The van der Waals surface area contributed by atoms with Crippen molar-refractivity contribution in [2.24, 2.45) is 11.7 Å². The van der Waals surface area contributed by atoms with Crippen LogP contribution in [0, 0.1) is 11.7 Å². The summed E-state index contributed by atoms with van der Waals surface area (Å²) in [6.45, 7) is 2.79. The van der Waals surface area contributed by atoms with E-state index in [2.05, 4.69) is 13.0 Å². The van der Waals surface area contributed by atoms with Crippen molar-refractivity contribution in [1.29, 1.82) is 0 Å². The zero-order valence-corrected chi connectivity index (χ0v) is 13.6. The molecule has 0 aliphatic heterocycles. The highest BCUT2D eigenvalue weighted by Gasteiger charge is 2.22. The van der Waals surface area contributed by atoms with Gasteiger partial charge in [-0.1, -0.05) is 24.6 Å². The molecule has 0 spiro atoms. The summed E-state index contributed by atoms with van der Waals surface area (Å²) in [5.74, 6) is 0.294. The SMILES string of the molecule is CCc1ccc(Cl)c(-c2cc(F)cc3c2CC(CN)CC3)c1. The van der Waals surface area contributed by atoms with E-state index in [0.717, 1.165) is 42.4 Å². The Bertz CT molecular complexity index is 696. The number of nitrogens with two attached hydrogens (primary N) is 1. The Morgan fingerprint density at radius 1 is 1.23 bits per heavy atom. The summed E-state index contributed by atoms with van der Waals surface area (Å²) < 4.78 is 14.1. The Morgan fingerprint density at radius 2 is 2.05 bits per heavy atom. The molecule has 0 heterocycles. The molecule has 116 valence electrons. The van der Waals surface area contributed by atoms with Crippen LogP contribution in [0.4, 0.5) is 4.39 Å². The molecule has 2 aromatic rings. The third-order valence-electron chi connectivity index (χ3n) is 4.68. The van der Waals surface area contributed by atoms with Crippen LogP contribution in [0.25, 0.3) is 11.1 Å². The highest BCUT2D eigenvalue weighted by atomic mass is 35.5. The molecule has 1 aliphatic rings. The third kappa shape index (κ3) is 2.90. The highest BCUT2D eigenvalue weighted by molar-refractivity contribution is 6.33. The van der Waals surface area contributed by atoms with E-state index in [1.54, 1.807) is 12.1 Å². The molecule has 0 amide bonds. The molecule has 3 heteroatoms. The van der Waals surface area contributed by atoms with Gasteiger partial charge in [-0.2, -0.15) is 0 Å². The highest BCUT2D eigenvalue weighted by Crippen LogP contribution is 2.38. The third-order valence-corrected chi connectivity index (χ3v) is 5.01. The number of hydrogen-bond acceptors (Lipinski definition) is 1. The predicted molar refractivity (Wildman–Crippen MR) is 90.8 cm³/mol. The number of halogens is 2. The monoisotopic (exact) mass is 317 g/mol. The van der Waals surface area contributed by atoms with Crippen LogP contribution >= 0.6 is 11.6 Å². The van der Waals surface area contributed by atoms with Crippen molar-refractivity contribution in [3.8, 4) is 11.1 Å². The van der Waals surface area contributed by atoms with E-state index in [0.29, 0.717) is 17.5 Å². The summed E-state index contributed by atoms with van der Waals surface area (Å²) in [4.78, 5) is 0. The van der Waals surface area contributed by atoms with Gasteiger partial charge < -0.3 is 5.73 Å². The molecule has 1 nitrogen and oxygen atoms in total. The number of hydrogen-bond donors (Lipinski definition) is 1. The van der Waals surface area contributed by atoms with Gasteiger partial charge in [0.2, 0.25) is 0 Å². The minimum absolute atomic E-state index is 0.182. The van der Waals surface area contributed by atoms with Gasteiger partial charge in [-0.25, -0.2) is 4.39 Å². The second-order valence-corrected chi connectivity index (χ2v) is 6.51. The Hall–Kier alpha value is -1.38.